The number of hydrogen-bond donors (Lipinski definition) is 1. The molecule has 1 unspecified atom stereocenters. The van der Waals surface area contributed by atoms with Crippen molar-refractivity contribution in [2.45, 2.75) is 18.7 Å². The second-order valence-corrected chi connectivity index (χ2v) is 7.09. The largest absolute Gasteiger partial charge is 0.327 e. The summed E-state index contributed by atoms with van der Waals surface area (Å²) in [6, 6.07) is 3.80. The zero-order valence-corrected chi connectivity index (χ0v) is 12.1. The Morgan fingerprint density at radius 1 is 1.50 bits per heavy atom. The van der Waals surface area contributed by atoms with Gasteiger partial charge >= 0.3 is 0 Å². The molecule has 2 N–H and O–H groups in total. The van der Waals surface area contributed by atoms with E-state index < -0.39 is 20.8 Å². The predicted molar refractivity (Wildman–Crippen MR) is 71.9 cm³/mol. The number of nitrogens with zero attached hydrogens (tertiary/aromatic N) is 1. The van der Waals surface area contributed by atoms with E-state index in [4.69, 9.17) is 5.73 Å². The highest BCUT2D eigenvalue weighted by Crippen LogP contribution is 2.25. The van der Waals surface area contributed by atoms with Gasteiger partial charge < -0.3 is 5.73 Å². The molecule has 0 bridgehead atoms. The lowest BCUT2D eigenvalue weighted by Crippen LogP contribution is -2.27. The minimum Gasteiger partial charge on any atom is -0.327 e. The number of hydrogen-bond acceptors (Lipinski definition) is 5. The number of nitro benzene ring substituents is 1. The van der Waals surface area contributed by atoms with Crippen molar-refractivity contribution in [3.8, 4) is 0 Å². The third-order valence-corrected chi connectivity index (χ3v) is 4.41. The molecule has 0 saturated carbocycles. The Hall–Kier alpha value is -0.990. The molecule has 0 aliphatic heterocycles. The second-order valence-electron chi connectivity index (χ2n) is 4.06. The van der Waals surface area contributed by atoms with E-state index in [2.05, 4.69) is 15.9 Å². The number of sulfone groups is 1. The van der Waals surface area contributed by atoms with Gasteiger partial charge in [-0.2, -0.15) is 0 Å². The van der Waals surface area contributed by atoms with Crippen molar-refractivity contribution in [1.82, 2.24) is 0 Å². The van der Waals surface area contributed by atoms with E-state index in [1.807, 2.05) is 0 Å². The summed E-state index contributed by atoms with van der Waals surface area (Å²) in [5.41, 5.74) is 5.39. The summed E-state index contributed by atoms with van der Waals surface area (Å²) in [6.45, 7) is 1.58. The molecule has 1 atom stereocenters. The van der Waals surface area contributed by atoms with Crippen LogP contribution in [-0.4, -0.2) is 25.1 Å². The third kappa shape index (κ3) is 4.35. The number of halogens is 1. The van der Waals surface area contributed by atoms with E-state index in [0.717, 1.165) is 0 Å². The van der Waals surface area contributed by atoms with Crippen LogP contribution >= 0.6 is 15.9 Å². The fourth-order valence-electron chi connectivity index (χ4n) is 1.53. The minimum absolute atomic E-state index is 0.170. The molecule has 8 heteroatoms. The molecule has 0 aliphatic carbocycles. The zero-order chi connectivity index (χ0) is 13.9. The Balaban J connectivity index is 3.08. The number of benzene rings is 1. The predicted octanol–water partition coefficient (Wildman–Crippen LogP) is 1.62. The van der Waals surface area contributed by atoms with E-state index in [-0.39, 0.29) is 22.8 Å². The van der Waals surface area contributed by atoms with Crippen molar-refractivity contribution in [2.75, 3.05) is 5.75 Å². The molecular weight excluding hydrogens is 324 g/mol. The van der Waals surface area contributed by atoms with Crippen LogP contribution in [0.1, 0.15) is 12.5 Å². The maximum atomic E-state index is 11.8. The van der Waals surface area contributed by atoms with Gasteiger partial charge in [0.15, 0.2) is 9.84 Å². The first-order valence-corrected chi connectivity index (χ1v) is 7.71. The second kappa shape index (κ2) is 5.77. The Bertz CT molecular complexity index is 557. The smallest absolute Gasteiger partial charge is 0.274 e. The highest BCUT2D eigenvalue weighted by Gasteiger charge is 2.21. The fourth-order valence-corrected chi connectivity index (χ4v) is 3.51. The highest BCUT2D eigenvalue weighted by atomic mass is 79.9. The van der Waals surface area contributed by atoms with Crippen LogP contribution in [0.4, 0.5) is 5.69 Å². The Morgan fingerprint density at radius 3 is 2.61 bits per heavy atom. The van der Waals surface area contributed by atoms with Gasteiger partial charge in [0.25, 0.3) is 5.69 Å². The summed E-state index contributed by atoms with van der Waals surface area (Å²) in [5.74, 6) is -0.571. The average Bonchev–Trinajstić information content (AvgIpc) is 2.18. The highest BCUT2D eigenvalue weighted by molar-refractivity contribution is 9.10. The summed E-state index contributed by atoms with van der Waals surface area (Å²) in [5, 5.41) is 10.8. The van der Waals surface area contributed by atoms with Crippen molar-refractivity contribution < 1.29 is 13.3 Å². The van der Waals surface area contributed by atoms with Crippen molar-refractivity contribution in [2.24, 2.45) is 5.73 Å². The summed E-state index contributed by atoms with van der Waals surface area (Å²) in [7, 11) is -3.45. The molecule has 0 aliphatic rings. The maximum absolute atomic E-state index is 11.8. The molecule has 0 amide bonds. The van der Waals surface area contributed by atoms with Gasteiger partial charge in [0, 0.05) is 22.1 Å². The van der Waals surface area contributed by atoms with Crippen LogP contribution in [0.2, 0.25) is 0 Å². The van der Waals surface area contributed by atoms with Gasteiger partial charge in [-0.25, -0.2) is 8.42 Å². The number of nitrogens with two attached hydrogens (primary N) is 1. The Labute approximate surface area is 113 Å². The van der Waals surface area contributed by atoms with E-state index in [1.54, 1.807) is 13.0 Å². The fraction of sp³-hybridized carbons (Fsp3) is 0.400. The summed E-state index contributed by atoms with van der Waals surface area (Å²) in [4.78, 5) is 10.3. The van der Waals surface area contributed by atoms with Crippen molar-refractivity contribution in [3.05, 3.63) is 38.3 Å². The molecule has 1 aromatic carbocycles. The van der Waals surface area contributed by atoms with Crippen LogP contribution in [0.15, 0.2) is 22.7 Å². The van der Waals surface area contributed by atoms with E-state index in [1.165, 1.54) is 12.1 Å². The minimum atomic E-state index is -3.45. The summed E-state index contributed by atoms with van der Waals surface area (Å²) < 4.78 is 24.0. The van der Waals surface area contributed by atoms with Gasteiger partial charge in [-0.15, -0.1) is 0 Å². The number of nitro groups is 1. The lowest BCUT2D eigenvalue weighted by atomic mass is 10.2. The van der Waals surface area contributed by atoms with Crippen LogP contribution in [0.5, 0.6) is 0 Å². The normalized spacial score (nSPS) is 13.3. The van der Waals surface area contributed by atoms with Crippen LogP contribution in [0.3, 0.4) is 0 Å². The molecule has 6 nitrogen and oxygen atoms in total. The number of rotatable bonds is 5. The van der Waals surface area contributed by atoms with Crippen LogP contribution in [0.25, 0.3) is 0 Å². The molecule has 0 heterocycles. The van der Waals surface area contributed by atoms with E-state index >= 15 is 0 Å². The van der Waals surface area contributed by atoms with Gasteiger partial charge in [0.2, 0.25) is 0 Å². The first kappa shape index (κ1) is 15.1. The topological polar surface area (TPSA) is 103 Å². The molecule has 0 fully saturated rings. The van der Waals surface area contributed by atoms with Crippen molar-refractivity contribution in [1.29, 1.82) is 0 Å². The first-order chi connectivity index (χ1) is 8.21. The maximum Gasteiger partial charge on any atom is 0.274 e. The summed E-state index contributed by atoms with van der Waals surface area (Å²) >= 11 is 3.11. The van der Waals surface area contributed by atoms with Gasteiger partial charge in [-0.05, 0) is 13.0 Å². The van der Waals surface area contributed by atoms with Crippen LogP contribution < -0.4 is 5.73 Å². The zero-order valence-electron chi connectivity index (χ0n) is 9.67. The molecule has 1 aromatic rings. The molecule has 100 valence electrons. The van der Waals surface area contributed by atoms with Gasteiger partial charge in [0.05, 0.1) is 16.4 Å². The molecule has 0 saturated heterocycles. The first-order valence-electron chi connectivity index (χ1n) is 5.10. The van der Waals surface area contributed by atoms with E-state index in [9.17, 15) is 18.5 Å². The quantitative estimate of drug-likeness (QED) is 0.649. The van der Waals surface area contributed by atoms with Gasteiger partial charge in [-0.3, -0.25) is 10.1 Å². The van der Waals surface area contributed by atoms with Crippen molar-refractivity contribution >= 4 is 31.5 Å². The average molecular weight is 337 g/mol. The monoisotopic (exact) mass is 336 g/mol. The van der Waals surface area contributed by atoms with Crippen molar-refractivity contribution in [3.63, 3.8) is 0 Å². The standard InChI is InChI=1S/C10H13BrN2O4S/c1-7(12)5-18(16,17)6-8-2-3-9(11)4-10(8)13(14)15/h2-4,7H,5-6,12H2,1H3. The van der Waals surface area contributed by atoms with Gasteiger partial charge in [0.1, 0.15) is 0 Å². The Morgan fingerprint density at radius 2 is 2.11 bits per heavy atom. The summed E-state index contributed by atoms with van der Waals surface area (Å²) in [6.07, 6.45) is 0. The van der Waals surface area contributed by atoms with Gasteiger partial charge in [-0.1, -0.05) is 22.0 Å². The molecule has 1 rings (SSSR count). The third-order valence-electron chi connectivity index (χ3n) is 2.14. The van der Waals surface area contributed by atoms with Crippen LogP contribution in [0, 0.1) is 10.1 Å². The molecule has 18 heavy (non-hydrogen) atoms. The molecule has 0 spiro atoms. The van der Waals surface area contributed by atoms with Crippen LogP contribution in [-0.2, 0) is 15.6 Å². The molecule has 0 aromatic heterocycles. The molecule has 0 radical (unpaired) electrons. The van der Waals surface area contributed by atoms with E-state index in [0.29, 0.717) is 4.47 Å². The molecular formula is C10H13BrN2O4S. The Kier molecular flexibility index (Phi) is 4.83. The lowest BCUT2D eigenvalue weighted by molar-refractivity contribution is -0.385. The lowest BCUT2D eigenvalue weighted by Gasteiger charge is -2.07. The SMILES string of the molecule is CC(N)CS(=O)(=O)Cc1ccc(Br)cc1[N+](=O)[O-].